The summed E-state index contributed by atoms with van der Waals surface area (Å²) in [7, 11) is 1.82. The highest BCUT2D eigenvalue weighted by molar-refractivity contribution is 7.22. The molecule has 2 heterocycles. The zero-order valence-corrected chi connectivity index (χ0v) is 10.2. The van der Waals surface area contributed by atoms with Crippen molar-refractivity contribution in [2.45, 2.75) is 0 Å². The lowest BCUT2D eigenvalue weighted by Crippen LogP contribution is -1.95. The van der Waals surface area contributed by atoms with Crippen molar-refractivity contribution in [3.8, 4) is 10.6 Å². The highest BCUT2D eigenvalue weighted by atomic mass is 32.1. The normalized spacial score (nSPS) is 10.6. The maximum absolute atomic E-state index is 4.44. The summed E-state index contributed by atoms with van der Waals surface area (Å²) >= 11 is 1.75. The van der Waals surface area contributed by atoms with Crippen LogP contribution in [-0.4, -0.2) is 17.0 Å². The number of thiophene rings is 1. The molecule has 0 atom stereocenters. The van der Waals surface area contributed by atoms with Crippen LogP contribution in [0.3, 0.4) is 0 Å². The highest BCUT2D eigenvalue weighted by Gasteiger charge is 2.05. The lowest BCUT2D eigenvalue weighted by Gasteiger charge is -1.99. The highest BCUT2D eigenvalue weighted by Crippen LogP contribution is 2.32. The molecule has 2 aromatic heterocycles. The maximum atomic E-state index is 4.44. The lowest BCUT2D eigenvalue weighted by molar-refractivity contribution is 1.16. The Bertz CT molecular complexity index is 627. The minimum atomic E-state index is 0.653. The molecule has 0 bridgehead atoms. The number of nitrogens with zero attached hydrogens (tertiary/aromatic N) is 2. The number of benzene rings is 1. The Morgan fingerprint density at radius 2 is 2.06 bits per heavy atom. The largest absolute Gasteiger partial charge is 0.357 e. The fraction of sp³-hybridized carbons (Fsp3) is 0.0769. The number of nitrogens with one attached hydrogen (secondary N) is 1. The van der Waals surface area contributed by atoms with E-state index in [1.54, 1.807) is 17.5 Å². The predicted molar refractivity (Wildman–Crippen MR) is 72.4 cm³/mol. The van der Waals surface area contributed by atoms with Crippen molar-refractivity contribution >= 4 is 27.4 Å². The van der Waals surface area contributed by atoms with Gasteiger partial charge in [0.1, 0.15) is 0 Å². The Hall–Kier alpha value is -1.94. The van der Waals surface area contributed by atoms with Gasteiger partial charge in [0.25, 0.3) is 0 Å². The first-order chi connectivity index (χ1) is 8.36. The molecule has 3 rings (SSSR count). The predicted octanol–water partition coefficient (Wildman–Crippen LogP) is 3.40. The van der Waals surface area contributed by atoms with Gasteiger partial charge in [-0.3, -0.25) is 0 Å². The van der Waals surface area contributed by atoms with Crippen LogP contribution in [0, 0.1) is 0 Å². The molecule has 3 aromatic rings. The Balaban J connectivity index is 2.13. The second-order valence-corrected chi connectivity index (χ2v) is 4.75. The molecule has 0 fully saturated rings. The minimum absolute atomic E-state index is 0.653. The van der Waals surface area contributed by atoms with Crippen LogP contribution in [0.1, 0.15) is 0 Å². The summed E-state index contributed by atoms with van der Waals surface area (Å²) in [6.45, 7) is 0. The van der Waals surface area contributed by atoms with E-state index in [9.17, 15) is 0 Å². The average Bonchev–Trinajstić information content (AvgIpc) is 2.82. The molecular weight excluding hydrogens is 230 g/mol. The average molecular weight is 241 g/mol. The molecule has 0 amide bonds. The third-order valence-electron chi connectivity index (χ3n) is 2.56. The van der Waals surface area contributed by atoms with E-state index in [0.29, 0.717) is 5.95 Å². The van der Waals surface area contributed by atoms with Crippen LogP contribution < -0.4 is 5.32 Å². The molecule has 0 aliphatic carbocycles. The number of hydrogen-bond donors (Lipinski definition) is 1. The van der Waals surface area contributed by atoms with Crippen LogP contribution in [0.25, 0.3) is 20.7 Å². The molecule has 0 saturated heterocycles. The lowest BCUT2D eigenvalue weighted by atomic mass is 10.2. The van der Waals surface area contributed by atoms with Crippen LogP contribution >= 0.6 is 11.3 Å². The zero-order chi connectivity index (χ0) is 11.7. The summed E-state index contributed by atoms with van der Waals surface area (Å²) in [5, 5.41) is 4.21. The van der Waals surface area contributed by atoms with Gasteiger partial charge in [0.2, 0.25) is 5.95 Å². The first-order valence-corrected chi connectivity index (χ1v) is 6.18. The second-order valence-electron chi connectivity index (χ2n) is 3.66. The molecule has 0 aliphatic rings. The molecule has 84 valence electrons. The molecule has 3 nitrogen and oxygen atoms in total. The van der Waals surface area contributed by atoms with Gasteiger partial charge >= 0.3 is 0 Å². The molecule has 1 N–H and O–H groups in total. The van der Waals surface area contributed by atoms with Gasteiger partial charge in [0, 0.05) is 17.9 Å². The fourth-order valence-electron chi connectivity index (χ4n) is 1.72. The number of fused-ring (bicyclic) bond motifs is 1. The second kappa shape index (κ2) is 4.14. The smallest absolute Gasteiger partial charge is 0.222 e. The summed E-state index contributed by atoms with van der Waals surface area (Å²) in [6.07, 6.45) is 1.78. The Kier molecular flexibility index (Phi) is 2.49. The molecular formula is C13H11N3S. The Labute approximate surface area is 103 Å². The van der Waals surface area contributed by atoms with Crippen molar-refractivity contribution in [3.05, 3.63) is 42.6 Å². The molecule has 0 unspecified atom stereocenters. The number of rotatable bonds is 2. The summed E-state index contributed by atoms with van der Waals surface area (Å²) in [5.41, 5.74) is 0.963. The molecule has 1 aromatic carbocycles. The first kappa shape index (κ1) is 10.2. The quantitative estimate of drug-likeness (QED) is 0.747. The van der Waals surface area contributed by atoms with Crippen molar-refractivity contribution in [1.29, 1.82) is 0 Å². The van der Waals surface area contributed by atoms with E-state index in [2.05, 4.69) is 45.6 Å². The molecule has 0 spiro atoms. The molecule has 0 saturated carbocycles. The van der Waals surface area contributed by atoms with E-state index in [-0.39, 0.29) is 0 Å². The van der Waals surface area contributed by atoms with Gasteiger partial charge in [-0.2, -0.15) is 0 Å². The molecule has 4 heteroatoms. The van der Waals surface area contributed by atoms with Gasteiger partial charge in [-0.1, -0.05) is 18.2 Å². The van der Waals surface area contributed by atoms with Crippen molar-refractivity contribution in [3.63, 3.8) is 0 Å². The Morgan fingerprint density at radius 1 is 1.18 bits per heavy atom. The maximum Gasteiger partial charge on any atom is 0.222 e. The third-order valence-corrected chi connectivity index (χ3v) is 3.70. The van der Waals surface area contributed by atoms with Crippen molar-refractivity contribution in [2.24, 2.45) is 0 Å². The van der Waals surface area contributed by atoms with Crippen LogP contribution in [0.5, 0.6) is 0 Å². The van der Waals surface area contributed by atoms with E-state index in [0.717, 1.165) is 5.69 Å². The monoisotopic (exact) mass is 241 g/mol. The molecule has 17 heavy (non-hydrogen) atoms. The van der Waals surface area contributed by atoms with E-state index < -0.39 is 0 Å². The standard InChI is InChI=1S/C13H11N3S/c1-14-13-15-7-6-10(16-13)12-8-9-4-2-3-5-11(9)17-12/h2-8H,1H3,(H,14,15,16). The fourth-order valence-corrected chi connectivity index (χ4v) is 2.76. The van der Waals surface area contributed by atoms with E-state index in [1.807, 2.05) is 13.1 Å². The van der Waals surface area contributed by atoms with Gasteiger partial charge < -0.3 is 5.32 Å². The van der Waals surface area contributed by atoms with Gasteiger partial charge in [-0.05, 0) is 23.6 Å². The number of hydrogen-bond acceptors (Lipinski definition) is 4. The molecule has 0 aliphatic heterocycles. The van der Waals surface area contributed by atoms with E-state index in [4.69, 9.17) is 0 Å². The zero-order valence-electron chi connectivity index (χ0n) is 9.34. The summed E-state index contributed by atoms with van der Waals surface area (Å²) in [4.78, 5) is 9.74. The summed E-state index contributed by atoms with van der Waals surface area (Å²) in [5.74, 6) is 0.653. The topological polar surface area (TPSA) is 37.8 Å². The summed E-state index contributed by atoms with van der Waals surface area (Å²) < 4.78 is 1.28. The van der Waals surface area contributed by atoms with Gasteiger partial charge in [-0.15, -0.1) is 11.3 Å². The number of anilines is 1. The van der Waals surface area contributed by atoms with Crippen molar-refractivity contribution < 1.29 is 0 Å². The third kappa shape index (κ3) is 1.87. The van der Waals surface area contributed by atoms with Crippen LogP contribution in [0.15, 0.2) is 42.6 Å². The van der Waals surface area contributed by atoms with Gasteiger partial charge in [0.05, 0.1) is 10.6 Å². The SMILES string of the molecule is CNc1nccc(-c2cc3ccccc3s2)n1. The van der Waals surface area contributed by atoms with Crippen LogP contribution in [0.2, 0.25) is 0 Å². The van der Waals surface area contributed by atoms with E-state index >= 15 is 0 Å². The van der Waals surface area contributed by atoms with Crippen molar-refractivity contribution in [1.82, 2.24) is 9.97 Å². The van der Waals surface area contributed by atoms with E-state index in [1.165, 1.54) is 15.0 Å². The summed E-state index contributed by atoms with van der Waals surface area (Å²) in [6, 6.07) is 12.5. The Morgan fingerprint density at radius 3 is 2.88 bits per heavy atom. The molecule has 0 radical (unpaired) electrons. The van der Waals surface area contributed by atoms with Crippen LogP contribution in [-0.2, 0) is 0 Å². The van der Waals surface area contributed by atoms with Gasteiger partial charge in [-0.25, -0.2) is 9.97 Å². The van der Waals surface area contributed by atoms with Crippen molar-refractivity contribution in [2.75, 3.05) is 12.4 Å². The van der Waals surface area contributed by atoms with Crippen LogP contribution in [0.4, 0.5) is 5.95 Å². The number of aromatic nitrogens is 2. The van der Waals surface area contributed by atoms with Gasteiger partial charge in [0.15, 0.2) is 0 Å². The first-order valence-electron chi connectivity index (χ1n) is 5.36. The minimum Gasteiger partial charge on any atom is -0.357 e.